The van der Waals surface area contributed by atoms with Gasteiger partial charge in [-0.1, -0.05) is 6.07 Å². The standard InChI is InChI=1S/C17H17FO3/c1-11-8-15(18)6-4-14(11)10-21-16-7-5-13(12(2)19)9-17(16)20-3/h4-9H,10H2,1-3H3. The molecule has 0 aromatic heterocycles. The van der Waals surface area contributed by atoms with E-state index in [1.807, 2.05) is 6.92 Å². The number of rotatable bonds is 5. The first kappa shape index (κ1) is 15.0. The van der Waals surface area contributed by atoms with E-state index in [-0.39, 0.29) is 11.6 Å². The van der Waals surface area contributed by atoms with Gasteiger partial charge in [-0.05, 0) is 55.3 Å². The Balaban J connectivity index is 2.17. The Kier molecular flexibility index (Phi) is 4.58. The predicted molar refractivity (Wildman–Crippen MR) is 78.5 cm³/mol. The summed E-state index contributed by atoms with van der Waals surface area (Å²) in [6, 6.07) is 9.61. The number of aryl methyl sites for hydroxylation is 1. The van der Waals surface area contributed by atoms with Crippen molar-refractivity contribution in [2.24, 2.45) is 0 Å². The smallest absolute Gasteiger partial charge is 0.161 e. The number of hydrogen-bond acceptors (Lipinski definition) is 3. The third-order valence-corrected chi connectivity index (χ3v) is 3.26. The SMILES string of the molecule is COc1cc(C(C)=O)ccc1OCc1ccc(F)cc1C. The number of carbonyl (C=O) groups is 1. The molecule has 2 aromatic carbocycles. The zero-order chi connectivity index (χ0) is 15.4. The Labute approximate surface area is 123 Å². The van der Waals surface area contributed by atoms with Crippen LogP contribution >= 0.6 is 0 Å². The molecule has 2 rings (SSSR count). The normalized spacial score (nSPS) is 10.3. The van der Waals surface area contributed by atoms with Crippen molar-refractivity contribution in [2.75, 3.05) is 7.11 Å². The summed E-state index contributed by atoms with van der Waals surface area (Å²) >= 11 is 0. The zero-order valence-electron chi connectivity index (χ0n) is 12.3. The van der Waals surface area contributed by atoms with E-state index < -0.39 is 0 Å². The van der Waals surface area contributed by atoms with Crippen molar-refractivity contribution in [3.05, 3.63) is 58.9 Å². The summed E-state index contributed by atoms with van der Waals surface area (Å²) in [6.07, 6.45) is 0. The minimum Gasteiger partial charge on any atom is -0.493 e. The van der Waals surface area contributed by atoms with E-state index in [0.29, 0.717) is 23.7 Å². The molecule has 4 heteroatoms. The van der Waals surface area contributed by atoms with Crippen LogP contribution in [0.25, 0.3) is 0 Å². The summed E-state index contributed by atoms with van der Waals surface area (Å²) < 4.78 is 24.0. The number of Topliss-reactive ketones (excluding diaryl/α,β-unsaturated/α-hetero) is 1. The van der Waals surface area contributed by atoms with Gasteiger partial charge in [-0.2, -0.15) is 0 Å². The quantitative estimate of drug-likeness (QED) is 0.782. The average Bonchev–Trinajstić information content (AvgIpc) is 2.46. The van der Waals surface area contributed by atoms with Crippen molar-refractivity contribution in [1.29, 1.82) is 0 Å². The molecule has 0 heterocycles. The number of hydrogen-bond donors (Lipinski definition) is 0. The number of carbonyl (C=O) groups excluding carboxylic acids is 1. The van der Waals surface area contributed by atoms with Crippen molar-refractivity contribution in [3.8, 4) is 11.5 Å². The number of ketones is 1. The third-order valence-electron chi connectivity index (χ3n) is 3.26. The molecule has 0 aliphatic rings. The monoisotopic (exact) mass is 288 g/mol. The van der Waals surface area contributed by atoms with Crippen molar-refractivity contribution in [3.63, 3.8) is 0 Å². The summed E-state index contributed by atoms with van der Waals surface area (Å²) in [7, 11) is 1.52. The first-order valence-electron chi connectivity index (χ1n) is 6.58. The lowest BCUT2D eigenvalue weighted by Gasteiger charge is -2.12. The molecule has 0 N–H and O–H groups in total. The minimum atomic E-state index is -0.264. The van der Waals surface area contributed by atoms with Crippen LogP contribution in [0.5, 0.6) is 11.5 Å². The van der Waals surface area contributed by atoms with Gasteiger partial charge in [-0.15, -0.1) is 0 Å². The van der Waals surface area contributed by atoms with E-state index in [4.69, 9.17) is 9.47 Å². The van der Waals surface area contributed by atoms with Crippen molar-refractivity contribution >= 4 is 5.78 Å². The summed E-state index contributed by atoms with van der Waals surface area (Å²) in [5, 5.41) is 0. The first-order chi connectivity index (χ1) is 10.0. The molecule has 0 spiro atoms. The molecule has 0 atom stereocenters. The van der Waals surface area contributed by atoms with Crippen molar-refractivity contribution in [2.45, 2.75) is 20.5 Å². The fourth-order valence-electron chi connectivity index (χ4n) is 1.98. The molecule has 0 amide bonds. The van der Waals surface area contributed by atoms with Crippen LogP contribution in [-0.4, -0.2) is 12.9 Å². The Morgan fingerprint density at radius 2 is 1.90 bits per heavy atom. The molecule has 21 heavy (non-hydrogen) atoms. The van der Waals surface area contributed by atoms with E-state index in [1.54, 1.807) is 24.3 Å². The number of benzene rings is 2. The van der Waals surface area contributed by atoms with Gasteiger partial charge in [-0.25, -0.2) is 4.39 Å². The highest BCUT2D eigenvalue weighted by molar-refractivity contribution is 5.94. The molecule has 0 unspecified atom stereocenters. The molecule has 0 bridgehead atoms. The molecule has 3 nitrogen and oxygen atoms in total. The largest absolute Gasteiger partial charge is 0.493 e. The van der Waals surface area contributed by atoms with E-state index >= 15 is 0 Å². The van der Waals surface area contributed by atoms with E-state index in [1.165, 1.54) is 26.2 Å². The highest BCUT2D eigenvalue weighted by Gasteiger charge is 2.09. The van der Waals surface area contributed by atoms with Gasteiger partial charge in [-0.3, -0.25) is 4.79 Å². The van der Waals surface area contributed by atoms with Crippen LogP contribution in [0.4, 0.5) is 4.39 Å². The average molecular weight is 288 g/mol. The molecular formula is C17H17FO3. The fourth-order valence-corrected chi connectivity index (χ4v) is 1.98. The molecule has 0 aliphatic carbocycles. The van der Waals surface area contributed by atoms with E-state index in [0.717, 1.165) is 11.1 Å². The van der Waals surface area contributed by atoms with E-state index in [2.05, 4.69) is 0 Å². The highest BCUT2D eigenvalue weighted by Crippen LogP contribution is 2.29. The Bertz CT molecular complexity index is 665. The third kappa shape index (κ3) is 3.60. The topological polar surface area (TPSA) is 35.5 Å². The van der Waals surface area contributed by atoms with Gasteiger partial charge in [0.25, 0.3) is 0 Å². The molecule has 2 aromatic rings. The zero-order valence-corrected chi connectivity index (χ0v) is 12.3. The van der Waals surface area contributed by atoms with Gasteiger partial charge in [0.05, 0.1) is 7.11 Å². The maximum absolute atomic E-state index is 13.1. The maximum Gasteiger partial charge on any atom is 0.161 e. The number of halogens is 1. The minimum absolute atomic E-state index is 0.0331. The van der Waals surface area contributed by atoms with E-state index in [9.17, 15) is 9.18 Å². The lowest BCUT2D eigenvalue weighted by Crippen LogP contribution is -2.01. The maximum atomic E-state index is 13.1. The van der Waals surface area contributed by atoms with Crippen LogP contribution in [0.2, 0.25) is 0 Å². The first-order valence-corrected chi connectivity index (χ1v) is 6.58. The summed E-state index contributed by atoms with van der Waals surface area (Å²) in [4.78, 5) is 11.3. The fraction of sp³-hybridized carbons (Fsp3) is 0.235. The molecule has 0 saturated carbocycles. The molecule has 0 radical (unpaired) electrons. The van der Waals surface area contributed by atoms with Gasteiger partial charge in [0.15, 0.2) is 17.3 Å². The van der Waals surface area contributed by atoms with Gasteiger partial charge in [0.2, 0.25) is 0 Å². The van der Waals surface area contributed by atoms with Crippen LogP contribution in [-0.2, 0) is 6.61 Å². The second-order valence-electron chi connectivity index (χ2n) is 4.78. The van der Waals surface area contributed by atoms with Gasteiger partial charge in [0, 0.05) is 5.56 Å². The highest BCUT2D eigenvalue weighted by atomic mass is 19.1. The van der Waals surface area contributed by atoms with Crippen LogP contribution < -0.4 is 9.47 Å². The van der Waals surface area contributed by atoms with Crippen LogP contribution in [0.3, 0.4) is 0 Å². The second kappa shape index (κ2) is 6.39. The summed E-state index contributed by atoms with van der Waals surface area (Å²) in [5.41, 5.74) is 2.29. The molecule has 110 valence electrons. The summed E-state index contributed by atoms with van der Waals surface area (Å²) in [5.74, 6) is 0.752. The second-order valence-corrected chi connectivity index (χ2v) is 4.78. The summed E-state index contributed by atoms with van der Waals surface area (Å²) in [6.45, 7) is 3.64. The van der Waals surface area contributed by atoms with Crippen molar-refractivity contribution < 1.29 is 18.7 Å². The number of ether oxygens (including phenoxy) is 2. The molecule has 0 fully saturated rings. The Morgan fingerprint density at radius 1 is 1.14 bits per heavy atom. The lowest BCUT2D eigenvalue weighted by molar-refractivity contribution is 0.101. The molecule has 0 aliphatic heterocycles. The van der Waals surface area contributed by atoms with Crippen LogP contribution in [0, 0.1) is 12.7 Å². The number of methoxy groups -OCH3 is 1. The van der Waals surface area contributed by atoms with Crippen molar-refractivity contribution in [1.82, 2.24) is 0 Å². The van der Waals surface area contributed by atoms with Gasteiger partial charge in [0.1, 0.15) is 12.4 Å². The van der Waals surface area contributed by atoms with Gasteiger partial charge >= 0.3 is 0 Å². The van der Waals surface area contributed by atoms with Crippen LogP contribution in [0.1, 0.15) is 28.4 Å². The predicted octanol–water partition coefficient (Wildman–Crippen LogP) is 3.92. The Morgan fingerprint density at radius 3 is 2.52 bits per heavy atom. The lowest BCUT2D eigenvalue weighted by atomic mass is 10.1. The van der Waals surface area contributed by atoms with Gasteiger partial charge < -0.3 is 9.47 Å². The Hall–Kier alpha value is -2.36. The van der Waals surface area contributed by atoms with Crippen LogP contribution in [0.15, 0.2) is 36.4 Å². The molecule has 0 saturated heterocycles. The molecular weight excluding hydrogens is 271 g/mol.